The van der Waals surface area contributed by atoms with Gasteiger partial charge in [0.15, 0.2) is 0 Å². The van der Waals surface area contributed by atoms with Crippen molar-refractivity contribution in [2.45, 2.75) is 77.8 Å². The second-order valence-corrected chi connectivity index (χ2v) is 14.5. The number of hydrogen-bond donors (Lipinski definition) is 2. The normalized spacial score (nSPS) is 20.3. The molecule has 11 heteroatoms. The van der Waals surface area contributed by atoms with Gasteiger partial charge >= 0.3 is 0 Å². The monoisotopic (exact) mass is 804 g/mol. The van der Waals surface area contributed by atoms with Gasteiger partial charge in [-0.1, -0.05) is 72.8 Å². The lowest BCUT2D eigenvalue weighted by Crippen LogP contribution is -2.54. The van der Waals surface area contributed by atoms with Crippen LogP contribution in [0.25, 0.3) is 43.6 Å². The first-order chi connectivity index (χ1) is 23.4. The van der Waals surface area contributed by atoms with Crippen LogP contribution < -0.4 is 10.6 Å². The molecule has 2 aromatic heterocycles. The van der Waals surface area contributed by atoms with E-state index in [4.69, 9.17) is 0 Å². The van der Waals surface area contributed by atoms with E-state index in [0.29, 0.717) is 24.2 Å². The molecule has 4 N–H and O–H groups in total. The van der Waals surface area contributed by atoms with Gasteiger partial charge in [0.2, 0.25) is 0 Å². The van der Waals surface area contributed by atoms with E-state index in [-0.39, 0.29) is 55.1 Å². The molecule has 4 atom stereocenters. The van der Waals surface area contributed by atoms with Gasteiger partial charge in [-0.15, -0.1) is 49.6 Å². The number of aryl methyl sites for hydroxylation is 2. The number of nitrogens with one attached hydrogen (secondary N) is 2. The Labute approximate surface area is 340 Å². The number of aromatic nitrogens is 2. The molecule has 0 spiro atoms. The van der Waals surface area contributed by atoms with Crippen molar-refractivity contribution in [2.75, 3.05) is 39.3 Å². The van der Waals surface area contributed by atoms with Crippen LogP contribution in [-0.4, -0.2) is 87.8 Å². The van der Waals surface area contributed by atoms with E-state index in [0.717, 1.165) is 39.3 Å². The summed E-state index contributed by atoms with van der Waals surface area (Å²) < 4.78 is 5.00. The average molecular weight is 807 g/mol. The highest BCUT2D eigenvalue weighted by molar-refractivity contribution is 6.08. The molecule has 0 radical (unpaired) electrons. The molecule has 292 valence electrons. The van der Waals surface area contributed by atoms with Crippen molar-refractivity contribution in [1.82, 2.24) is 29.6 Å². The van der Waals surface area contributed by atoms with Crippen LogP contribution in [0.1, 0.15) is 40.5 Å². The summed E-state index contributed by atoms with van der Waals surface area (Å²) in [5.74, 6) is 0. The Morgan fingerprint density at radius 3 is 0.925 bits per heavy atom. The molecular weight excluding hydrogens is 746 g/mol. The number of piperazine rings is 2. The Balaban J connectivity index is 0.000000335. The van der Waals surface area contributed by atoms with Crippen molar-refractivity contribution in [2.24, 2.45) is 0 Å². The van der Waals surface area contributed by atoms with Crippen LogP contribution in [0.5, 0.6) is 0 Å². The highest BCUT2D eigenvalue weighted by Crippen LogP contribution is 2.30. The van der Waals surface area contributed by atoms with Gasteiger partial charge in [0.05, 0.1) is 0 Å². The van der Waals surface area contributed by atoms with Gasteiger partial charge in [0, 0.05) is 107 Å². The van der Waals surface area contributed by atoms with Crippen molar-refractivity contribution in [3.05, 3.63) is 97.1 Å². The smallest absolute Gasteiger partial charge is 0.0491 e. The lowest BCUT2D eigenvalue weighted by atomic mass is 10.1. The molecule has 0 unspecified atom stereocenters. The number of rotatable bonds is 8. The summed E-state index contributed by atoms with van der Waals surface area (Å²) in [6.07, 6.45) is 2.39. The molecule has 8 rings (SSSR count). The second-order valence-electron chi connectivity index (χ2n) is 14.5. The van der Waals surface area contributed by atoms with Crippen molar-refractivity contribution < 1.29 is 5.48 Å². The first kappa shape index (κ1) is 46.6. The largest absolute Gasteiger partial charge is 0.412 e. The number of halogens is 4. The van der Waals surface area contributed by atoms with Gasteiger partial charge in [-0.05, 0) is 77.9 Å². The van der Waals surface area contributed by atoms with Gasteiger partial charge in [0.25, 0.3) is 0 Å². The lowest BCUT2D eigenvalue weighted by molar-refractivity contribution is 0.170. The molecule has 2 aliphatic heterocycles. The lowest BCUT2D eigenvalue weighted by Gasteiger charge is -2.36. The van der Waals surface area contributed by atoms with Crippen LogP contribution in [0.4, 0.5) is 0 Å². The SMILES string of the molecule is C[C@@H]1CN(CCCn2c3ccccc3c3ccccc32)C[C@H](C)N1.C[C@@H]1CN(CCCn2c3ccccc3c3ccccc32)C[C@H](C)N1.Cl.Cl.Cl.Cl.O. The zero-order chi connectivity index (χ0) is 33.0. The number of benzene rings is 4. The fourth-order valence-electron chi connectivity index (χ4n) is 8.64. The molecule has 4 aromatic carbocycles. The van der Waals surface area contributed by atoms with Crippen molar-refractivity contribution >= 4 is 93.2 Å². The van der Waals surface area contributed by atoms with E-state index >= 15 is 0 Å². The maximum Gasteiger partial charge on any atom is 0.0491 e. The fraction of sp³-hybridized carbons (Fsp3) is 0.429. The molecule has 0 bridgehead atoms. The summed E-state index contributed by atoms with van der Waals surface area (Å²) in [7, 11) is 0. The van der Waals surface area contributed by atoms with Gasteiger partial charge in [-0.2, -0.15) is 0 Å². The maximum atomic E-state index is 3.61. The first-order valence-corrected chi connectivity index (χ1v) is 18.3. The van der Waals surface area contributed by atoms with E-state index in [1.807, 2.05) is 0 Å². The Morgan fingerprint density at radius 1 is 0.415 bits per heavy atom. The molecule has 0 aliphatic carbocycles. The summed E-state index contributed by atoms with van der Waals surface area (Å²) in [6.45, 7) is 18.3. The Bertz CT molecular complexity index is 1710. The third-order valence-electron chi connectivity index (χ3n) is 10.3. The van der Waals surface area contributed by atoms with E-state index in [9.17, 15) is 0 Å². The van der Waals surface area contributed by atoms with E-state index in [2.05, 4.69) is 154 Å². The Hall–Kier alpha value is -2.56. The Kier molecular flexibility index (Phi) is 18.9. The zero-order valence-electron chi connectivity index (χ0n) is 31.5. The molecule has 2 aliphatic rings. The summed E-state index contributed by atoms with van der Waals surface area (Å²) >= 11 is 0. The minimum absolute atomic E-state index is 0. The van der Waals surface area contributed by atoms with Crippen LogP contribution in [0.2, 0.25) is 0 Å². The van der Waals surface area contributed by atoms with E-state index in [1.54, 1.807) is 0 Å². The molecule has 2 fully saturated rings. The fourth-order valence-corrected chi connectivity index (χ4v) is 8.64. The molecule has 4 heterocycles. The standard InChI is InChI=1S/2C21H27N3.4ClH.H2O/c2*1-16-14-23(15-17(2)22-16)12-7-13-24-20-10-5-3-8-18(20)19-9-4-6-11-21(19)24;;;;;/h2*3-6,8-11,16-17,22H,7,12-15H2,1-2H3;4*1H;1H2/t2*16-,17+;;;;;. The molecule has 7 nitrogen and oxygen atoms in total. The quantitative estimate of drug-likeness (QED) is 0.162. The first-order valence-electron chi connectivity index (χ1n) is 18.3. The van der Waals surface area contributed by atoms with Gasteiger partial charge in [-0.3, -0.25) is 0 Å². The molecule has 2 saturated heterocycles. The zero-order valence-corrected chi connectivity index (χ0v) is 34.8. The third-order valence-corrected chi connectivity index (χ3v) is 10.3. The van der Waals surface area contributed by atoms with Gasteiger partial charge in [0.1, 0.15) is 0 Å². The predicted molar refractivity (Wildman–Crippen MR) is 238 cm³/mol. The molecule has 6 aromatic rings. The maximum absolute atomic E-state index is 3.61. The van der Waals surface area contributed by atoms with Crippen LogP contribution in [0.3, 0.4) is 0 Å². The average Bonchev–Trinajstić information content (AvgIpc) is 3.57. The van der Waals surface area contributed by atoms with E-state index in [1.165, 1.54) is 69.5 Å². The minimum Gasteiger partial charge on any atom is -0.412 e. The molecule has 0 amide bonds. The minimum atomic E-state index is 0. The van der Waals surface area contributed by atoms with Crippen molar-refractivity contribution in [3.8, 4) is 0 Å². The van der Waals surface area contributed by atoms with Crippen molar-refractivity contribution in [1.29, 1.82) is 0 Å². The van der Waals surface area contributed by atoms with E-state index < -0.39 is 0 Å². The topological polar surface area (TPSA) is 71.9 Å². The number of fused-ring (bicyclic) bond motifs is 6. The molecule has 53 heavy (non-hydrogen) atoms. The number of nitrogens with zero attached hydrogens (tertiary/aromatic N) is 4. The van der Waals surface area contributed by atoms with Crippen LogP contribution in [0, 0.1) is 0 Å². The number of hydrogen-bond acceptors (Lipinski definition) is 4. The summed E-state index contributed by atoms with van der Waals surface area (Å²) in [5.41, 5.74) is 5.45. The molecular formula is C42H60Cl4N6O. The van der Waals surface area contributed by atoms with Gasteiger partial charge < -0.3 is 35.0 Å². The summed E-state index contributed by atoms with van der Waals surface area (Å²) in [6, 6.07) is 37.6. The summed E-state index contributed by atoms with van der Waals surface area (Å²) in [5, 5.41) is 12.7. The molecule has 0 saturated carbocycles. The Morgan fingerprint density at radius 2 is 0.660 bits per heavy atom. The highest BCUT2D eigenvalue weighted by Gasteiger charge is 2.21. The van der Waals surface area contributed by atoms with Crippen LogP contribution in [0.15, 0.2) is 97.1 Å². The predicted octanol–water partition coefficient (Wildman–Crippen LogP) is 8.60. The highest BCUT2D eigenvalue weighted by atomic mass is 35.5. The third kappa shape index (κ3) is 10.8. The summed E-state index contributed by atoms with van der Waals surface area (Å²) in [4.78, 5) is 5.22. The second kappa shape index (κ2) is 21.5. The van der Waals surface area contributed by atoms with Crippen LogP contribution in [-0.2, 0) is 13.1 Å². The van der Waals surface area contributed by atoms with Crippen molar-refractivity contribution in [3.63, 3.8) is 0 Å². The van der Waals surface area contributed by atoms with Gasteiger partial charge in [-0.25, -0.2) is 0 Å². The number of para-hydroxylation sites is 4. The van der Waals surface area contributed by atoms with Crippen LogP contribution >= 0.6 is 49.6 Å².